The highest BCUT2D eigenvalue weighted by molar-refractivity contribution is 7.90. The molecule has 0 amide bonds. The van der Waals surface area contributed by atoms with Crippen LogP contribution in [0.15, 0.2) is 30.6 Å². The van der Waals surface area contributed by atoms with Crippen LogP contribution in [-0.4, -0.2) is 22.9 Å². The van der Waals surface area contributed by atoms with Crippen LogP contribution in [0.2, 0.25) is 0 Å². The highest BCUT2D eigenvalue weighted by Gasteiger charge is 2.37. The Kier molecular flexibility index (Phi) is 2.87. The molecule has 0 unspecified atom stereocenters. The van der Waals surface area contributed by atoms with E-state index in [-0.39, 0.29) is 5.25 Å². The van der Waals surface area contributed by atoms with Gasteiger partial charge in [0.15, 0.2) is 0 Å². The second-order valence-corrected chi connectivity index (χ2v) is 7.12. The monoisotopic (exact) mass is 287 g/mol. The quantitative estimate of drug-likeness (QED) is 0.866. The standard InChI is InChI=1S/C14H13N3O2S/c1-10-4-11(7-15)6-12(5-10)13-8-16-17(9-13)20(18,19)14-2-3-14/h4-6,8-9,14H,2-3H2,1H3. The molecule has 1 aliphatic rings. The maximum absolute atomic E-state index is 12.1. The van der Waals surface area contributed by atoms with Crippen molar-refractivity contribution in [1.29, 1.82) is 5.26 Å². The minimum atomic E-state index is -3.34. The number of aryl methyl sites for hydroxylation is 1. The third-order valence-corrected chi connectivity index (χ3v) is 5.34. The predicted molar refractivity (Wildman–Crippen MR) is 74.5 cm³/mol. The second kappa shape index (κ2) is 4.46. The van der Waals surface area contributed by atoms with Crippen molar-refractivity contribution in [2.24, 2.45) is 0 Å². The van der Waals surface area contributed by atoms with Crippen LogP contribution < -0.4 is 0 Å². The van der Waals surface area contributed by atoms with Crippen LogP contribution in [0.4, 0.5) is 0 Å². The molecule has 1 heterocycles. The van der Waals surface area contributed by atoms with E-state index in [0.29, 0.717) is 24.0 Å². The van der Waals surface area contributed by atoms with Crippen molar-refractivity contribution in [3.63, 3.8) is 0 Å². The molecular weight excluding hydrogens is 274 g/mol. The SMILES string of the molecule is Cc1cc(C#N)cc(-c2cnn(S(=O)(=O)C3CC3)c2)c1. The van der Waals surface area contributed by atoms with Crippen LogP contribution >= 0.6 is 0 Å². The molecule has 20 heavy (non-hydrogen) atoms. The fourth-order valence-electron chi connectivity index (χ4n) is 2.13. The van der Waals surface area contributed by atoms with Gasteiger partial charge < -0.3 is 0 Å². The van der Waals surface area contributed by atoms with E-state index in [9.17, 15) is 8.42 Å². The molecule has 1 aromatic heterocycles. The van der Waals surface area contributed by atoms with Gasteiger partial charge in [0, 0.05) is 5.56 Å². The number of nitrogens with zero attached hydrogens (tertiary/aromatic N) is 3. The molecule has 0 spiro atoms. The molecule has 5 nitrogen and oxygen atoms in total. The molecule has 0 bridgehead atoms. The normalized spacial score (nSPS) is 15.0. The molecule has 3 rings (SSSR count). The lowest BCUT2D eigenvalue weighted by molar-refractivity contribution is 0.578. The van der Waals surface area contributed by atoms with Gasteiger partial charge in [-0.25, -0.2) is 8.42 Å². The van der Waals surface area contributed by atoms with Crippen LogP contribution in [0, 0.1) is 18.3 Å². The molecule has 1 aromatic carbocycles. The summed E-state index contributed by atoms with van der Waals surface area (Å²) in [6.45, 7) is 1.90. The molecule has 0 N–H and O–H groups in total. The van der Waals surface area contributed by atoms with E-state index in [2.05, 4.69) is 11.2 Å². The summed E-state index contributed by atoms with van der Waals surface area (Å²) in [5, 5.41) is 12.6. The van der Waals surface area contributed by atoms with Crippen molar-refractivity contribution >= 4 is 10.0 Å². The largest absolute Gasteiger partial charge is 0.256 e. The van der Waals surface area contributed by atoms with Crippen molar-refractivity contribution < 1.29 is 8.42 Å². The summed E-state index contributed by atoms with van der Waals surface area (Å²) in [7, 11) is -3.34. The Hall–Kier alpha value is -2.13. The summed E-state index contributed by atoms with van der Waals surface area (Å²) < 4.78 is 25.2. The van der Waals surface area contributed by atoms with Gasteiger partial charge >= 0.3 is 0 Å². The van der Waals surface area contributed by atoms with E-state index in [4.69, 9.17) is 5.26 Å². The molecule has 2 aromatic rings. The average molecular weight is 287 g/mol. The van der Waals surface area contributed by atoms with Crippen LogP contribution in [0.5, 0.6) is 0 Å². The van der Waals surface area contributed by atoms with Crippen molar-refractivity contribution in [3.05, 3.63) is 41.7 Å². The summed E-state index contributed by atoms with van der Waals surface area (Å²) in [4.78, 5) is 0. The van der Waals surface area contributed by atoms with Crippen LogP contribution in [0.3, 0.4) is 0 Å². The summed E-state index contributed by atoms with van der Waals surface area (Å²) in [5.41, 5.74) is 3.02. The minimum Gasteiger partial charge on any atom is -0.204 e. The lowest BCUT2D eigenvalue weighted by atomic mass is 10.0. The first-order valence-corrected chi connectivity index (χ1v) is 7.82. The number of aromatic nitrogens is 2. The average Bonchev–Trinajstić information content (AvgIpc) is 3.15. The molecule has 0 atom stereocenters. The topological polar surface area (TPSA) is 75.8 Å². The Balaban J connectivity index is 2.02. The van der Waals surface area contributed by atoms with Gasteiger partial charge in [-0.2, -0.15) is 14.4 Å². The smallest absolute Gasteiger partial charge is 0.204 e. The fourth-order valence-corrected chi connectivity index (χ4v) is 3.60. The van der Waals surface area contributed by atoms with E-state index in [1.807, 2.05) is 13.0 Å². The Morgan fingerprint density at radius 3 is 2.70 bits per heavy atom. The molecule has 0 radical (unpaired) electrons. The molecule has 0 saturated heterocycles. The zero-order chi connectivity index (χ0) is 14.3. The van der Waals surface area contributed by atoms with Gasteiger partial charge in [0.1, 0.15) is 0 Å². The van der Waals surface area contributed by atoms with E-state index < -0.39 is 10.0 Å². The van der Waals surface area contributed by atoms with Crippen LogP contribution in [0.1, 0.15) is 24.0 Å². The van der Waals surface area contributed by atoms with E-state index in [1.54, 1.807) is 12.1 Å². The highest BCUT2D eigenvalue weighted by Crippen LogP contribution is 2.30. The third kappa shape index (κ3) is 2.21. The number of rotatable bonds is 3. The Morgan fingerprint density at radius 2 is 2.05 bits per heavy atom. The number of hydrogen-bond acceptors (Lipinski definition) is 4. The van der Waals surface area contributed by atoms with Crippen molar-refractivity contribution in [1.82, 2.24) is 9.19 Å². The summed E-state index contributed by atoms with van der Waals surface area (Å²) in [6.07, 6.45) is 4.46. The Morgan fingerprint density at radius 1 is 1.30 bits per heavy atom. The van der Waals surface area contributed by atoms with E-state index in [1.165, 1.54) is 12.4 Å². The number of hydrogen-bond donors (Lipinski definition) is 0. The first-order chi connectivity index (χ1) is 9.50. The van der Waals surface area contributed by atoms with Gasteiger partial charge in [-0.05, 0) is 43.0 Å². The molecular formula is C14H13N3O2S. The first-order valence-electron chi connectivity index (χ1n) is 6.32. The van der Waals surface area contributed by atoms with Crippen molar-refractivity contribution in [2.45, 2.75) is 25.0 Å². The van der Waals surface area contributed by atoms with Gasteiger partial charge in [0.25, 0.3) is 10.0 Å². The van der Waals surface area contributed by atoms with E-state index in [0.717, 1.165) is 15.2 Å². The van der Waals surface area contributed by atoms with Gasteiger partial charge in [-0.3, -0.25) is 0 Å². The number of nitriles is 1. The van der Waals surface area contributed by atoms with Crippen LogP contribution in [-0.2, 0) is 10.0 Å². The van der Waals surface area contributed by atoms with Gasteiger partial charge in [-0.1, -0.05) is 6.07 Å². The highest BCUT2D eigenvalue weighted by atomic mass is 32.2. The molecule has 1 aliphatic carbocycles. The van der Waals surface area contributed by atoms with Gasteiger partial charge in [0.2, 0.25) is 0 Å². The fraction of sp³-hybridized carbons (Fsp3) is 0.286. The number of benzene rings is 1. The third-order valence-electron chi connectivity index (χ3n) is 3.31. The molecule has 1 fully saturated rings. The Labute approximate surface area is 117 Å². The molecule has 102 valence electrons. The summed E-state index contributed by atoms with van der Waals surface area (Å²) in [6, 6.07) is 7.53. The first kappa shape index (κ1) is 12.9. The van der Waals surface area contributed by atoms with Crippen LogP contribution in [0.25, 0.3) is 11.1 Å². The van der Waals surface area contributed by atoms with E-state index >= 15 is 0 Å². The molecule has 6 heteroatoms. The molecule has 1 saturated carbocycles. The second-order valence-electron chi connectivity index (χ2n) is 5.05. The lowest BCUT2D eigenvalue weighted by Gasteiger charge is -2.02. The predicted octanol–water partition coefficient (Wildman–Crippen LogP) is 2.07. The maximum atomic E-state index is 12.1. The summed E-state index contributed by atoms with van der Waals surface area (Å²) in [5.74, 6) is 0. The minimum absolute atomic E-state index is 0.289. The van der Waals surface area contributed by atoms with Gasteiger partial charge in [0.05, 0.1) is 29.3 Å². The maximum Gasteiger partial charge on any atom is 0.256 e. The Bertz CT molecular complexity index is 811. The molecule has 0 aliphatic heterocycles. The summed E-state index contributed by atoms with van der Waals surface area (Å²) >= 11 is 0. The van der Waals surface area contributed by atoms with Gasteiger partial charge in [-0.15, -0.1) is 0 Å². The van der Waals surface area contributed by atoms with Crippen molar-refractivity contribution in [3.8, 4) is 17.2 Å². The zero-order valence-electron chi connectivity index (χ0n) is 10.9. The lowest BCUT2D eigenvalue weighted by Crippen LogP contribution is -2.17. The van der Waals surface area contributed by atoms with Crippen molar-refractivity contribution in [2.75, 3.05) is 0 Å². The zero-order valence-corrected chi connectivity index (χ0v) is 11.8.